The van der Waals surface area contributed by atoms with Gasteiger partial charge in [0.25, 0.3) is 0 Å². The van der Waals surface area contributed by atoms with Crippen molar-refractivity contribution in [2.24, 2.45) is 5.73 Å². The maximum Gasteiger partial charge on any atom is 0.230 e. The predicted octanol–water partition coefficient (Wildman–Crippen LogP) is 0.578. The molecule has 6 nitrogen and oxygen atoms in total. The molecule has 0 aliphatic heterocycles. The van der Waals surface area contributed by atoms with Gasteiger partial charge in [0.15, 0.2) is 11.0 Å². The van der Waals surface area contributed by atoms with E-state index < -0.39 is 11.2 Å². The van der Waals surface area contributed by atoms with Gasteiger partial charge in [0.05, 0.1) is 19.3 Å². The second-order valence-corrected chi connectivity index (χ2v) is 6.92. The highest BCUT2D eigenvalue weighted by Gasteiger charge is 2.25. The number of hydrogen-bond acceptors (Lipinski definition) is 4. The molecule has 0 aliphatic carbocycles. The topological polar surface area (TPSA) is 78.2 Å². The normalized spacial score (nSPS) is 14.0. The number of hydrogen-bond donors (Lipinski definition) is 2. The molecule has 23 heavy (non-hydrogen) atoms. The van der Waals surface area contributed by atoms with Gasteiger partial charge in [-0.1, -0.05) is 11.8 Å². The van der Waals surface area contributed by atoms with Gasteiger partial charge < -0.3 is 10.6 Å². The van der Waals surface area contributed by atoms with E-state index in [4.69, 9.17) is 5.73 Å². The van der Waals surface area contributed by atoms with E-state index in [9.17, 15) is 9.18 Å². The van der Waals surface area contributed by atoms with Crippen molar-refractivity contribution in [3.8, 4) is 5.69 Å². The van der Waals surface area contributed by atoms with Crippen molar-refractivity contribution in [2.45, 2.75) is 30.3 Å². The van der Waals surface area contributed by atoms with Crippen molar-refractivity contribution in [3.05, 3.63) is 35.9 Å². The number of thioether (sulfide) groups is 1. The van der Waals surface area contributed by atoms with Crippen LogP contribution in [0.5, 0.6) is 0 Å². The summed E-state index contributed by atoms with van der Waals surface area (Å²) in [6.45, 7) is 3.75. The van der Waals surface area contributed by atoms with Gasteiger partial charge in [-0.25, -0.2) is 4.39 Å². The molecule has 1 heterocycles. The van der Waals surface area contributed by atoms with Gasteiger partial charge in [0, 0.05) is 5.69 Å². The van der Waals surface area contributed by atoms with E-state index in [2.05, 4.69) is 10.2 Å². The highest BCUT2D eigenvalue weighted by atomic mass is 32.2. The molecule has 0 saturated carbocycles. The van der Waals surface area contributed by atoms with Gasteiger partial charge in [0.2, 0.25) is 5.91 Å². The van der Waals surface area contributed by atoms with Gasteiger partial charge in [0.1, 0.15) is 11.9 Å². The zero-order chi connectivity index (χ0) is 17.1. The maximum atomic E-state index is 13.2. The minimum Gasteiger partial charge on any atom is -0.369 e. The Labute approximate surface area is 138 Å². The number of carbonyl (C=O) groups excluding carboxylic acids is 1. The number of quaternary nitrogens is 1. The zero-order valence-electron chi connectivity index (χ0n) is 13.6. The molecule has 2 atom stereocenters. The van der Waals surface area contributed by atoms with E-state index in [1.165, 1.54) is 28.8 Å². The Morgan fingerprint density at radius 3 is 2.39 bits per heavy atom. The minimum atomic E-state index is -0.437. The van der Waals surface area contributed by atoms with E-state index in [0.29, 0.717) is 5.16 Å². The van der Waals surface area contributed by atoms with Gasteiger partial charge in [-0.3, -0.25) is 9.36 Å². The molecular weight excluding hydrogens is 317 g/mol. The van der Waals surface area contributed by atoms with Gasteiger partial charge >= 0.3 is 0 Å². The van der Waals surface area contributed by atoms with E-state index in [0.717, 1.165) is 11.5 Å². The fourth-order valence-electron chi connectivity index (χ4n) is 1.95. The van der Waals surface area contributed by atoms with Crippen molar-refractivity contribution in [1.82, 2.24) is 14.8 Å². The standard InChI is InChI=1S/C15H20FN5OS/c1-9(20(3)4)14-18-19-15(23-10(2)13(17)22)21(14)12-7-5-11(16)6-8-12/h5-10H,1-4H3,(H2,17,22)/p+1/t9-,10+/m0/s1. The second-order valence-electron chi connectivity index (χ2n) is 5.61. The highest BCUT2D eigenvalue weighted by molar-refractivity contribution is 8.00. The summed E-state index contributed by atoms with van der Waals surface area (Å²) in [4.78, 5) is 12.5. The molecule has 1 aromatic carbocycles. The van der Waals surface area contributed by atoms with E-state index in [1.54, 1.807) is 19.1 Å². The third-order valence-corrected chi connectivity index (χ3v) is 4.74. The van der Waals surface area contributed by atoms with Crippen LogP contribution in [0.15, 0.2) is 29.4 Å². The van der Waals surface area contributed by atoms with E-state index in [1.807, 2.05) is 25.6 Å². The third-order valence-electron chi connectivity index (χ3n) is 3.68. The van der Waals surface area contributed by atoms with Gasteiger partial charge in [-0.2, -0.15) is 0 Å². The van der Waals surface area contributed by atoms with Crippen LogP contribution >= 0.6 is 11.8 Å². The fraction of sp³-hybridized carbons (Fsp3) is 0.400. The monoisotopic (exact) mass is 338 g/mol. The molecule has 124 valence electrons. The molecule has 3 N–H and O–H groups in total. The van der Waals surface area contributed by atoms with Crippen molar-refractivity contribution in [1.29, 1.82) is 0 Å². The number of nitrogens with two attached hydrogens (primary N) is 1. The smallest absolute Gasteiger partial charge is 0.230 e. The molecule has 1 amide bonds. The number of carbonyl (C=O) groups is 1. The molecule has 0 radical (unpaired) electrons. The molecule has 8 heteroatoms. The molecule has 0 fully saturated rings. The van der Waals surface area contributed by atoms with Crippen LogP contribution in [-0.2, 0) is 4.79 Å². The largest absolute Gasteiger partial charge is 0.369 e. The SMILES string of the molecule is C[C@@H](Sc1nnc([C@H](C)[NH+](C)C)n1-c1ccc(F)cc1)C(N)=O. The summed E-state index contributed by atoms with van der Waals surface area (Å²) >= 11 is 1.24. The summed E-state index contributed by atoms with van der Waals surface area (Å²) < 4.78 is 15.1. The van der Waals surface area contributed by atoms with E-state index in [-0.39, 0.29) is 11.9 Å². The Morgan fingerprint density at radius 2 is 1.87 bits per heavy atom. The molecule has 0 unspecified atom stereocenters. The molecule has 0 bridgehead atoms. The van der Waals surface area contributed by atoms with Gasteiger partial charge in [-0.15, -0.1) is 10.2 Å². The zero-order valence-corrected chi connectivity index (χ0v) is 14.4. The number of nitrogens with one attached hydrogen (secondary N) is 1. The van der Waals surface area contributed by atoms with Crippen molar-refractivity contribution in [3.63, 3.8) is 0 Å². The van der Waals surface area contributed by atoms with Crippen molar-refractivity contribution in [2.75, 3.05) is 14.1 Å². The number of primary amides is 1. The summed E-state index contributed by atoms with van der Waals surface area (Å²) in [7, 11) is 4.04. The quantitative estimate of drug-likeness (QED) is 0.755. The lowest BCUT2D eigenvalue weighted by molar-refractivity contribution is -0.890. The number of benzene rings is 1. The first-order valence-electron chi connectivity index (χ1n) is 7.28. The highest BCUT2D eigenvalue weighted by Crippen LogP contribution is 2.27. The average Bonchev–Trinajstić information content (AvgIpc) is 2.90. The van der Waals surface area contributed by atoms with Crippen LogP contribution in [0.25, 0.3) is 5.69 Å². The number of rotatable bonds is 6. The van der Waals surface area contributed by atoms with Crippen LogP contribution in [0.4, 0.5) is 4.39 Å². The van der Waals surface area contributed by atoms with Crippen LogP contribution in [-0.4, -0.2) is 40.0 Å². The Hall–Kier alpha value is -1.93. The lowest BCUT2D eigenvalue weighted by Crippen LogP contribution is -3.05. The summed E-state index contributed by atoms with van der Waals surface area (Å²) in [5.41, 5.74) is 6.09. The first kappa shape index (κ1) is 17.4. The Kier molecular flexibility index (Phi) is 5.38. The number of nitrogens with zero attached hydrogens (tertiary/aromatic N) is 3. The maximum absolute atomic E-state index is 13.2. The number of aromatic nitrogens is 3. The predicted molar refractivity (Wildman–Crippen MR) is 87.1 cm³/mol. The van der Waals surface area contributed by atoms with Crippen LogP contribution in [0.3, 0.4) is 0 Å². The Bertz CT molecular complexity index is 686. The molecule has 2 rings (SSSR count). The second kappa shape index (κ2) is 7.10. The molecule has 2 aromatic rings. The van der Waals surface area contributed by atoms with Crippen LogP contribution < -0.4 is 10.6 Å². The minimum absolute atomic E-state index is 0.0748. The van der Waals surface area contributed by atoms with Crippen LogP contribution in [0, 0.1) is 5.82 Å². The van der Waals surface area contributed by atoms with Crippen LogP contribution in [0.2, 0.25) is 0 Å². The van der Waals surface area contributed by atoms with Crippen LogP contribution in [0.1, 0.15) is 25.7 Å². The number of amides is 1. The lowest BCUT2D eigenvalue weighted by atomic mass is 10.2. The lowest BCUT2D eigenvalue weighted by Gasteiger charge is -2.18. The molecule has 0 spiro atoms. The van der Waals surface area contributed by atoms with Crippen molar-refractivity contribution >= 4 is 17.7 Å². The average molecular weight is 338 g/mol. The first-order valence-corrected chi connectivity index (χ1v) is 8.16. The Balaban J connectivity index is 2.51. The molecule has 0 aliphatic rings. The Morgan fingerprint density at radius 1 is 1.26 bits per heavy atom. The van der Waals surface area contributed by atoms with E-state index >= 15 is 0 Å². The summed E-state index contributed by atoms with van der Waals surface area (Å²) in [6.07, 6.45) is 0. The summed E-state index contributed by atoms with van der Waals surface area (Å²) in [6, 6.07) is 6.18. The van der Waals surface area contributed by atoms with Gasteiger partial charge in [-0.05, 0) is 38.1 Å². The molecule has 1 aromatic heterocycles. The van der Waals surface area contributed by atoms with Crippen molar-refractivity contribution < 1.29 is 14.1 Å². The third kappa shape index (κ3) is 3.89. The fourth-order valence-corrected chi connectivity index (χ4v) is 2.77. The summed E-state index contributed by atoms with van der Waals surface area (Å²) in [5, 5.41) is 8.60. The number of halogens is 1. The molecular formula is C15H21FN5OS+. The molecule has 0 saturated heterocycles. The summed E-state index contributed by atoms with van der Waals surface area (Å²) in [5.74, 6) is 0.0154. The first-order chi connectivity index (χ1) is 10.8.